The van der Waals surface area contributed by atoms with Crippen LogP contribution in [0, 0.1) is 6.92 Å². The summed E-state index contributed by atoms with van der Waals surface area (Å²) in [6.07, 6.45) is 0. The van der Waals surface area contributed by atoms with Gasteiger partial charge in [0.2, 0.25) is 0 Å². The van der Waals surface area contributed by atoms with Crippen molar-refractivity contribution < 1.29 is 9.53 Å². The molecule has 0 saturated carbocycles. The van der Waals surface area contributed by atoms with Gasteiger partial charge in [-0.25, -0.2) is 0 Å². The zero-order chi connectivity index (χ0) is 9.84. The Bertz CT molecular complexity index is 321. The van der Waals surface area contributed by atoms with Crippen LogP contribution in [0.15, 0.2) is 18.2 Å². The van der Waals surface area contributed by atoms with E-state index in [1.54, 1.807) is 19.2 Å². The zero-order valence-corrected chi connectivity index (χ0v) is 8.60. The highest BCUT2D eigenvalue weighted by atomic mass is 32.1. The first-order valence-corrected chi connectivity index (χ1v) is 4.61. The standard InChI is InChI=1S/C10H12O2S/c1-7-5-8(9(11)6-13)3-4-10(7)12-2/h3-5,13H,6H2,1-2H3. The first-order chi connectivity index (χ1) is 6.19. The molecule has 0 heterocycles. The van der Waals surface area contributed by atoms with Crippen LogP contribution in [0.2, 0.25) is 0 Å². The van der Waals surface area contributed by atoms with E-state index in [0.717, 1.165) is 11.3 Å². The van der Waals surface area contributed by atoms with Gasteiger partial charge in [0.05, 0.1) is 12.9 Å². The molecule has 0 radical (unpaired) electrons. The van der Waals surface area contributed by atoms with Crippen LogP contribution in [-0.2, 0) is 0 Å². The van der Waals surface area contributed by atoms with E-state index in [0.29, 0.717) is 5.56 Å². The van der Waals surface area contributed by atoms with Crippen molar-refractivity contribution in [1.82, 2.24) is 0 Å². The number of ketones is 1. The molecule has 0 amide bonds. The van der Waals surface area contributed by atoms with Crippen molar-refractivity contribution in [3.63, 3.8) is 0 Å². The van der Waals surface area contributed by atoms with E-state index in [4.69, 9.17) is 4.74 Å². The minimum absolute atomic E-state index is 0.0362. The molecular weight excluding hydrogens is 184 g/mol. The minimum atomic E-state index is 0.0362. The van der Waals surface area contributed by atoms with Gasteiger partial charge in [0.25, 0.3) is 0 Å². The smallest absolute Gasteiger partial charge is 0.172 e. The fraction of sp³-hybridized carbons (Fsp3) is 0.300. The second-order valence-electron chi connectivity index (χ2n) is 2.77. The van der Waals surface area contributed by atoms with Gasteiger partial charge < -0.3 is 4.74 Å². The number of thiol groups is 1. The summed E-state index contributed by atoms with van der Waals surface area (Å²) in [7, 11) is 1.61. The highest BCUT2D eigenvalue weighted by molar-refractivity contribution is 7.81. The predicted octanol–water partition coefficient (Wildman–Crippen LogP) is 2.12. The average molecular weight is 196 g/mol. The highest BCUT2D eigenvalue weighted by Gasteiger charge is 2.05. The Morgan fingerprint density at radius 1 is 1.54 bits per heavy atom. The average Bonchev–Trinajstić information content (AvgIpc) is 2.16. The fourth-order valence-corrected chi connectivity index (χ4v) is 1.33. The van der Waals surface area contributed by atoms with Crippen LogP contribution in [0.1, 0.15) is 15.9 Å². The molecule has 2 nitrogen and oxygen atoms in total. The van der Waals surface area contributed by atoms with Gasteiger partial charge in [-0.05, 0) is 30.7 Å². The van der Waals surface area contributed by atoms with Gasteiger partial charge in [-0.15, -0.1) is 0 Å². The Balaban J connectivity index is 3.02. The molecule has 0 aliphatic carbocycles. The van der Waals surface area contributed by atoms with Gasteiger partial charge in [0, 0.05) is 5.56 Å². The summed E-state index contributed by atoms with van der Waals surface area (Å²) in [5, 5.41) is 0. The van der Waals surface area contributed by atoms with Crippen molar-refractivity contribution in [3.8, 4) is 5.75 Å². The topological polar surface area (TPSA) is 26.3 Å². The number of hydrogen-bond acceptors (Lipinski definition) is 3. The Labute approximate surface area is 83.3 Å². The lowest BCUT2D eigenvalue weighted by molar-refractivity contribution is 0.102. The molecule has 0 aliphatic heterocycles. The molecule has 0 saturated heterocycles. The zero-order valence-electron chi connectivity index (χ0n) is 7.70. The molecule has 0 bridgehead atoms. The fourth-order valence-electron chi connectivity index (χ4n) is 1.14. The van der Waals surface area contributed by atoms with Crippen LogP contribution in [0.4, 0.5) is 0 Å². The molecule has 0 spiro atoms. The van der Waals surface area contributed by atoms with Crippen molar-refractivity contribution in [2.75, 3.05) is 12.9 Å². The van der Waals surface area contributed by atoms with Crippen molar-refractivity contribution in [2.45, 2.75) is 6.92 Å². The summed E-state index contributed by atoms with van der Waals surface area (Å²) in [5.41, 5.74) is 1.66. The molecule has 0 N–H and O–H groups in total. The number of Topliss-reactive ketones (excluding diaryl/α,β-unsaturated/α-hetero) is 1. The number of carbonyl (C=O) groups excluding carboxylic acids is 1. The van der Waals surface area contributed by atoms with Crippen LogP contribution >= 0.6 is 12.6 Å². The molecule has 1 aromatic carbocycles. The SMILES string of the molecule is COc1ccc(C(=O)CS)cc1C. The first kappa shape index (κ1) is 10.1. The largest absolute Gasteiger partial charge is 0.496 e. The normalized spacial score (nSPS) is 9.77. The lowest BCUT2D eigenvalue weighted by Crippen LogP contribution is -2.01. The van der Waals surface area contributed by atoms with Gasteiger partial charge in [-0.3, -0.25) is 4.79 Å². The number of carbonyl (C=O) groups is 1. The summed E-state index contributed by atoms with van der Waals surface area (Å²) in [4.78, 5) is 11.2. The van der Waals surface area contributed by atoms with E-state index in [1.165, 1.54) is 0 Å². The van der Waals surface area contributed by atoms with Gasteiger partial charge in [0.15, 0.2) is 5.78 Å². The maximum absolute atomic E-state index is 11.2. The maximum Gasteiger partial charge on any atom is 0.172 e. The molecule has 0 aromatic heterocycles. The van der Waals surface area contributed by atoms with E-state index in [9.17, 15) is 4.79 Å². The number of methoxy groups -OCH3 is 1. The molecule has 70 valence electrons. The van der Waals surface area contributed by atoms with E-state index >= 15 is 0 Å². The lowest BCUT2D eigenvalue weighted by atomic mass is 10.1. The molecule has 0 atom stereocenters. The summed E-state index contributed by atoms with van der Waals surface area (Å²) in [5.74, 6) is 1.08. The second kappa shape index (κ2) is 4.33. The summed E-state index contributed by atoms with van der Waals surface area (Å²) < 4.78 is 5.08. The summed E-state index contributed by atoms with van der Waals surface area (Å²) in [6.45, 7) is 1.91. The van der Waals surface area contributed by atoms with Crippen molar-refractivity contribution in [2.24, 2.45) is 0 Å². The molecular formula is C10H12O2S. The number of benzene rings is 1. The third-order valence-corrected chi connectivity index (χ3v) is 2.15. The van der Waals surface area contributed by atoms with Gasteiger partial charge in [0.1, 0.15) is 5.75 Å². The Hall–Kier alpha value is -0.960. The molecule has 3 heteroatoms. The second-order valence-corrected chi connectivity index (χ2v) is 3.08. The quantitative estimate of drug-likeness (QED) is 0.592. The molecule has 13 heavy (non-hydrogen) atoms. The third kappa shape index (κ3) is 2.25. The molecule has 0 fully saturated rings. The van der Waals surface area contributed by atoms with Gasteiger partial charge in [-0.2, -0.15) is 12.6 Å². The molecule has 1 aromatic rings. The number of ether oxygens (including phenoxy) is 1. The van der Waals surface area contributed by atoms with Crippen molar-refractivity contribution in [1.29, 1.82) is 0 Å². The Kier molecular flexibility index (Phi) is 3.37. The minimum Gasteiger partial charge on any atom is -0.496 e. The highest BCUT2D eigenvalue weighted by Crippen LogP contribution is 2.18. The number of aryl methyl sites for hydroxylation is 1. The van der Waals surface area contributed by atoms with Crippen LogP contribution in [0.5, 0.6) is 5.75 Å². The number of rotatable bonds is 3. The van der Waals surface area contributed by atoms with Crippen LogP contribution in [0.3, 0.4) is 0 Å². The van der Waals surface area contributed by atoms with Crippen LogP contribution in [0.25, 0.3) is 0 Å². The third-order valence-electron chi connectivity index (χ3n) is 1.86. The van der Waals surface area contributed by atoms with Gasteiger partial charge >= 0.3 is 0 Å². The van der Waals surface area contributed by atoms with Crippen LogP contribution in [-0.4, -0.2) is 18.6 Å². The van der Waals surface area contributed by atoms with Gasteiger partial charge in [-0.1, -0.05) is 0 Å². The predicted molar refractivity (Wildman–Crippen MR) is 55.9 cm³/mol. The molecule has 1 rings (SSSR count). The monoisotopic (exact) mass is 196 g/mol. The first-order valence-electron chi connectivity index (χ1n) is 3.97. The van der Waals surface area contributed by atoms with E-state index in [-0.39, 0.29) is 11.5 Å². The lowest BCUT2D eigenvalue weighted by Gasteiger charge is -2.05. The van der Waals surface area contributed by atoms with Crippen LogP contribution < -0.4 is 4.74 Å². The van der Waals surface area contributed by atoms with E-state index in [2.05, 4.69) is 12.6 Å². The van der Waals surface area contributed by atoms with E-state index < -0.39 is 0 Å². The molecule has 0 unspecified atom stereocenters. The summed E-state index contributed by atoms with van der Waals surface area (Å²) >= 11 is 3.93. The Morgan fingerprint density at radius 3 is 2.69 bits per heavy atom. The Morgan fingerprint density at radius 2 is 2.23 bits per heavy atom. The summed E-state index contributed by atoms with van der Waals surface area (Å²) in [6, 6.07) is 5.37. The number of hydrogen-bond donors (Lipinski definition) is 1. The van der Waals surface area contributed by atoms with Crippen molar-refractivity contribution >= 4 is 18.4 Å². The maximum atomic E-state index is 11.2. The van der Waals surface area contributed by atoms with E-state index in [1.807, 2.05) is 13.0 Å². The van der Waals surface area contributed by atoms with Crippen molar-refractivity contribution in [3.05, 3.63) is 29.3 Å². The molecule has 0 aliphatic rings.